The number of nitrogens with one attached hydrogen (secondary N) is 1. The summed E-state index contributed by atoms with van der Waals surface area (Å²) in [6.45, 7) is 5.87. The van der Waals surface area contributed by atoms with Crippen molar-refractivity contribution in [3.8, 4) is 0 Å². The van der Waals surface area contributed by atoms with Gasteiger partial charge in [0.1, 0.15) is 0 Å². The Morgan fingerprint density at radius 1 is 1.38 bits per heavy atom. The molecular weight excluding hydrogens is 214 g/mol. The van der Waals surface area contributed by atoms with Crippen molar-refractivity contribution in [3.63, 3.8) is 0 Å². The molecule has 1 nitrogen and oxygen atoms in total. The van der Waals surface area contributed by atoms with Gasteiger partial charge in [0.25, 0.3) is 0 Å². The van der Waals surface area contributed by atoms with Gasteiger partial charge in [0.15, 0.2) is 0 Å². The Hall–Kier alpha value is -0.340. The monoisotopic (exact) mass is 237 g/mol. The van der Waals surface area contributed by atoms with E-state index in [1.807, 2.05) is 11.3 Å². The molecule has 2 heteroatoms. The second-order valence-electron chi connectivity index (χ2n) is 5.17. The maximum atomic E-state index is 3.72. The van der Waals surface area contributed by atoms with Crippen LogP contribution in [-0.4, -0.2) is 12.6 Å². The van der Waals surface area contributed by atoms with Gasteiger partial charge in [-0.05, 0) is 59.9 Å². The smallest absolute Gasteiger partial charge is 0.00684 e. The van der Waals surface area contributed by atoms with Gasteiger partial charge in [-0.3, -0.25) is 0 Å². The highest BCUT2D eigenvalue weighted by Crippen LogP contribution is 2.32. The molecule has 16 heavy (non-hydrogen) atoms. The Labute approximate surface area is 103 Å². The summed E-state index contributed by atoms with van der Waals surface area (Å²) in [7, 11) is 0. The fourth-order valence-corrected chi connectivity index (χ4v) is 2.96. The van der Waals surface area contributed by atoms with Crippen molar-refractivity contribution >= 4 is 11.3 Å². The number of thiophene rings is 1. The molecule has 0 radical (unpaired) electrons. The first kappa shape index (κ1) is 12.1. The highest BCUT2D eigenvalue weighted by atomic mass is 32.1. The normalized spacial score (nSPS) is 16.6. The Morgan fingerprint density at radius 3 is 2.62 bits per heavy atom. The minimum Gasteiger partial charge on any atom is -0.313 e. The predicted molar refractivity (Wildman–Crippen MR) is 72.1 cm³/mol. The van der Waals surface area contributed by atoms with Crippen LogP contribution in [0, 0.1) is 5.41 Å². The first-order valence-corrected chi connectivity index (χ1v) is 7.47. The van der Waals surface area contributed by atoms with Crippen LogP contribution >= 0.6 is 11.3 Å². The predicted octanol–water partition coefficient (Wildman–Crippen LogP) is 3.85. The maximum absolute atomic E-state index is 3.72. The summed E-state index contributed by atoms with van der Waals surface area (Å²) in [5.74, 6) is 0. The number of rotatable bonds is 7. The molecule has 1 aliphatic carbocycles. The molecule has 0 aromatic carbocycles. The van der Waals surface area contributed by atoms with Crippen LogP contribution in [0.15, 0.2) is 16.8 Å². The minimum atomic E-state index is 0.476. The van der Waals surface area contributed by atoms with E-state index in [1.54, 1.807) is 0 Å². The van der Waals surface area contributed by atoms with Gasteiger partial charge >= 0.3 is 0 Å². The summed E-state index contributed by atoms with van der Waals surface area (Å²) in [4.78, 5) is 0. The van der Waals surface area contributed by atoms with Crippen LogP contribution in [0.4, 0.5) is 0 Å². The van der Waals surface area contributed by atoms with Gasteiger partial charge in [-0.2, -0.15) is 11.3 Å². The van der Waals surface area contributed by atoms with E-state index < -0.39 is 0 Å². The molecule has 0 amide bonds. The molecule has 1 aromatic rings. The zero-order chi connectivity index (χ0) is 11.4. The molecule has 0 saturated heterocycles. The molecule has 0 aliphatic heterocycles. The number of hydrogen-bond donors (Lipinski definition) is 1. The summed E-state index contributed by atoms with van der Waals surface area (Å²) in [5, 5.41) is 8.21. The van der Waals surface area contributed by atoms with Crippen LogP contribution < -0.4 is 5.32 Å². The third-order valence-corrected chi connectivity index (χ3v) is 4.73. The molecule has 1 aromatic heterocycles. The SMILES string of the molecule is CCC(CC)(CNC1CC1)Cc1ccsc1. The van der Waals surface area contributed by atoms with Crippen LogP contribution in [0.5, 0.6) is 0 Å². The van der Waals surface area contributed by atoms with Crippen molar-refractivity contribution in [2.45, 2.75) is 52.0 Å². The van der Waals surface area contributed by atoms with Gasteiger partial charge in [-0.25, -0.2) is 0 Å². The molecule has 0 spiro atoms. The van der Waals surface area contributed by atoms with Crippen LogP contribution in [0.25, 0.3) is 0 Å². The van der Waals surface area contributed by atoms with Gasteiger partial charge in [-0.15, -0.1) is 0 Å². The van der Waals surface area contributed by atoms with Crippen LogP contribution in [0.3, 0.4) is 0 Å². The molecule has 1 aliphatic rings. The summed E-state index contributed by atoms with van der Waals surface area (Å²) >= 11 is 1.82. The average Bonchev–Trinajstić information content (AvgIpc) is 3.02. The molecular formula is C14H23NS. The second kappa shape index (κ2) is 5.33. The quantitative estimate of drug-likeness (QED) is 0.759. The highest BCUT2D eigenvalue weighted by Gasteiger charge is 2.30. The summed E-state index contributed by atoms with van der Waals surface area (Å²) < 4.78 is 0. The van der Waals surface area contributed by atoms with E-state index in [0.29, 0.717) is 5.41 Å². The summed E-state index contributed by atoms with van der Waals surface area (Å²) in [6, 6.07) is 3.11. The van der Waals surface area contributed by atoms with Gasteiger partial charge in [0, 0.05) is 12.6 Å². The fraction of sp³-hybridized carbons (Fsp3) is 0.714. The molecule has 1 saturated carbocycles. The zero-order valence-corrected chi connectivity index (χ0v) is 11.3. The molecule has 90 valence electrons. The minimum absolute atomic E-state index is 0.476. The first-order chi connectivity index (χ1) is 7.78. The lowest BCUT2D eigenvalue weighted by atomic mass is 9.77. The molecule has 0 unspecified atom stereocenters. The fourth-order valence-electron chi connectivity index (χ4n) is 2.29. The molecule has 1 fully saturated rings. The van der Waals surface area contributed by atoms with E-state index in [1.165, 1.54) is 44.2 Å². The van der Waals surface area contributed by atoms with Crippen LogP contribution in [0.1, 0.15) is 45.1 Å². The van der Waals surface area contributed by atoms with Gasteiger partial charge < -0.3 is 5.32 Å². The standard InChI is InChI=1S/C14H23NS/c1-3-14(4-2,11-15-13-5-6-13)9-12-7-8-16-10-12/h7-8,10,13,15H,3-6,9,11H2,1-2H3. The van der Waals surface area contributed by atoms with Crippen molar-refractivity contribution in [1.29, 1.82) is 0 Å². The molecule has 1 N–H and O–H groups in total. The Morgan fingerprint density at radius 2 is 2.12 bits per heavy atom. The van der Waals surface area contributed by atoms with E-state index in [4.69, 9.17) is 0 Å². The average molecular weight is 237 g/mol. The Bertz CT molecular complexity index is 297. The van der Waals surface area contributed by atoms with Crippen molar-refractivity contribution in [2.24, 2.45) is 5.41 Å². The third-order valence-electron chi connectivity index (χ3n) is 4.00. The Balaban J connectivity index is 1.95. The molecule has 2 rings (SSSR count). The van der Waals surface area contributed by atoms with Crippen molar-refractivity contribution in [3.05, 3.63) is 22.4 Å². The zero-order valence-electron chi connectivity index (χ0n) is 10.5. The van der Waals surface area contributed by atoms with Gasteiger partial charge in [0.05, 0.1) is 0 Å². The van der Waals surface area contributed by atoms with E-state index in [2.05, 4.69) is 36.0 Å². The lowest BCUT2D eigenvalue weighted by Gasteiger charge is -2.32. The van der Waals surface area contributed by atoms with E-state index >= 15 is 0 Å². The molecule has 1 heterocycles. The summed E-state index contributed by atoms with van der Waals surface area (Å²) in [6.07, 6.45) is 6.57. The molecule has 0 atom stereocenters. The van der Waals surface area contributed by atoms with Gasteiger partial charge in [0.2, 0.25) is 0 Å². The van der Waals surface area contributed by atoms with E-state index in [0.717, 1.165) is 6.04 Å². The molecule has 0 bridgehead atoms. The summed E-state index contributed by atoms with van der Waals surface area (Å²) in [5.41, 5.74) is 2.00. The maximum Gasteiger partial charge on any atom is 0.00684 e. The van der Waals surface area contributed by atoms with Crippen LogP contribution in [0.2, 0.25) is 0 Å². The topological polar surface area (TPSA) is 12.0 Å². The second-order valence-corrected chi connectivity index (χ2v) is 5.95. The lowest BCUT2D eigenvalue weighted by Crippen LogP contribution is -2.36. The first-order valence-electron chi connectivity index (χ1n) is 6.52. The van der Waals surface area contributed by atoms with Crippen molar-refractivity contribution in [2.75, 3.05) is 6.54 Å². The highest BCUT2D eigenvalue weighted by molar-refractivity contribution is 7.07. The largest absolute Gasteiger partial charge is 0.313 e. The third kappa shape index (κ3) is 3.08. The van der Waals surface area contributed by atoms with Gasteiger partial charge in [-0.1, -0.05) is 13.8 Å². The van der Waals surface area contributed by atoms with Crippen LogP contribution in [-0.2, 0) is 6.42 Å². The lowest BCUT2D eigenvalue weighted by molar-refractivity contribution is 0.245. The van der Waals surface area contributed by atoms with E-state index in [9.17, 15) is 0 Å². The Kier molecular flexibility index (Phi) is 4.04. The number of hydrogen-bond acceptors (Lipinski definition) is 2. The van der Waals surface area contributed by atoms with Crippen molar-refractivity contribution < 1.29 is 0 Å². The van der Waals surface area contributed by atoms with Crippen molar-refractivity contribution in [1.82, 2.24) is 5.32 Å². The van der Waals surface area contributed by atoms with E-state index in [-0.39, 0.29) is 0 Å².